The number of aliphatic imine (C=N–C) groups is 1. The lowest BCUT2D eigenvalue weighted by Crippen LogP contribution is -2.45. The van der Waals surface area contributed by atoms with Crippen LogP contribution in [0.3, 0.4) is 0 Å². The molecule has 2 fully saturated rings. The molecule has 1 atom stereocenters. The molecule has 1 aromatic rings. The zero-order chi connectivity index (χ0) is 17.5. The first-order chi connectivity index (χ1) is 12.3. The Hall–Kier alpha value is -1.38. The number of amides is 1. The van der Waals surface area contributed by atoms with Crippen LogP contribution in [0.5, 0.6) is 0 Å². The van der Waals surface area contributed by atoms with Gasteiger partial charge in [-0.3, -0.25) is 14.8 Å². The first-order valence-corrected chi connectivity index (χ1v) is 9.42. The minimum atomic E-state index is 0. The van der Waals surface area contributed by atoms with E-state index in [0.717, 1.165) is 44.0 Å². The fraction of sp³-hybridized carbons (Fsp3) is 0.632. The van der Waals surface area contributed by atoms with E-state index in [1.54, 1.807) is 13.2 Å². The fourth-order valence-electron chi connectivity index (χ4n) is 3.75. The Balaban J connectivity index is 0.00000243. The monoisotopic (exact) mass is 471 g/mol. The van der Waals surface area contributed by atoms with Gasteiger partial charge in [-0.05, 0) is 31.4 Å². The van der Waals surface area contributed by atoms with Crippen LogP contribution < -0.4 is 10.6 Å². The van der Waals surface area contributed by atoms with Crippen LogP contribution in [-0.2, 0) is 11.3 Å². The number of nitrogens with one attached hydrogen (secondary N) is 2. The van der Waals surface area contributed by atoms with Gasteiger partial charge in [-0.25, -0.2) is 0 Å². The van der Waals surface area contributed by atoms with Gasteiger partial charge >= 0.3 is 0 Å². The highest BCUT2D eigenvalue weighted by Gasteiger charge is 2.31. The molecule has 1 unspecified atom stereocenters. The molecular weight excluding hydrogens is 441 g/mol. The van der Waals surface area contributed by atoms with Gasteiger partial charge in [0, 0.05) is 38.3 Å². The first kappa shape index (κ1) is 20.9. The van der Waals surface area contributed by atoms with Crippen LogP contribution in [0.1, 0.15) is 44.2 Å². The molecule has 144 valence electrons. The van der Waals surface area contributed by atoms with Gasteiger partial charge in [-0.15, -0.1) is 24.0 Å². The van der Waals surface area contributed by atoms with E-state index in [2.05, 4.69) is 20.6 Å². The highest BCUT2D eigenvalue weighted by atomic mass is 127. The summed E-state index contributed by atoms with van der Waals surface area (Å²) >= 11 is 0. The van der Waals surface area contributed by atoms with Crippen LogP contribution in [0.25, 0.3) is 0 Å². The number of rotatable bonds is 4. The topological polar surface area (TPSA) is 69.6 Å². The Morgan fingerprint density at radius 1 is 1.27 bits per heavy atom. The third-order valence-electron chi connectivity index (χ3n) is 5.18. The van der Waals surface area contributed by atoms with Crippen molar-refractivity contribution in [3.63, 3.8) is 0 Å². The number of halogens is 1. The number of hydrogen-bond donors (Lipinski definition) is 2. The van der Waals surface area contributed by atoms with Crippen molar-refractivity contribution in [2.45, 2.75) is 51.1 Å². The third-order valence-corrected chi connectivity index (χ3v) is 5.18. The van der Waals surface area contributed by atoms with Crippen LogP contribution in [0.2, 0.25) is 0 Å². The molecule has 1 saturated heterocycles. The second-order valence-corrected chi connectivity index (χ2v) is 7.00. The molecule has 2 N–H and O–H groups in total. The molecule has 0 spiro atoms. The van der Waals surface area contributed by atoms with E-state index in [1.165, 1.54) is 19.3 Å². The largest absolute Gasteiger partial charge is 0.352 e. The van der Waals surface area contributed by atoms with E-state index >= 15 is 0 Å². The van der Waals surface area contributed by atoms with Gasteiger partial charge in [0.1, 0.15) is 0 Å². The number of carbonyl (C=O) groups is 1. The summed E-state index contributed by atoms with van der Waals surface area (Å²) in [4.78, 5) is 23.3. The number of nitrogens with zero attached hydrogens (tertiary/aromatic N) is 3. The molecule has 1 aliphatic carbocycles. The van der Waals surface area contributed by atoms with Crippen molar-refractivity contribution in [1.29, 1.82) is 0 Å². The molecule has 2 heterocycles. The van der Waals surface area contributed by atoms with Crippen LogP contribution >= 0.6 is 24.0 Å². The highest BCUT2D eigenvalue weighted by molar-refractivity contribution is 14.0. The summed E-state index contributed by atoms with van der Waals surface area (Å²) in [6, 6.07) is 6.14. The zero-order valence-corrected chi connectivity index (χ0v) is 17.8. The molecule has 0 radical (unpaired) electrons. The maximum absolute atomic E-state index is 12.7. The minimum Gasteiger partial charge on any atom is -0.352 e. The highest BCUT2D eigenvalue weighted by Crippen LogP contribution is 2.26. The molecule has 2 aliphatic rings. The van der Waals surface area contributed by atoms with E-state index in [-0.39, 0.29) is 35.9 Å². The summed E-state index contributed by atoms with van der Waals surface area (Å²) in [5.74, 6) is 1.39. The van der Waals surface area contributed by atoms with Gasteiger partial charge in [-0.1, -0.05) is 25.3 Å². The van der Waals surface area contributed by atoms with E-state index in [9.17, 15) is 4.79 Å². The molecule has 1 aromatic heterocycles. The minimum absolute atomic E-state index is 0. The summed E-state index contributed by atoms with van der Waals surface area (Å²) in [6.07, 6.45) is 8.60. The zero-order valence-electron chi connectivity index (χ0n) is 15.5. The van der Waals surface area contributed by atoms with E-state index in [1.807, 2.05) is 23.1 Å². The van der Waals surface area contributed by atoms with E-state index < -0.39 is 0 Å². The second kappa shape index (κ2) is 10.7. The summed E-state index contributed by atoms with van der Waals surface area (Å²) in [7, 11) is 1.77. The number of guanidine groups is 1. The molecule has 1 amide bonds. The second-order valence-electron chi connectivity index (χ2n) is 7.00. The molecule has 1 aliphatic heterocycles. The number of carbonyl (C=O) groups excluding carboxylic acids is 1. The standard InChI is InChI=1S/C19H29N5O.HI/c1-20-19(22-13-16-9-5-6-11-21-16)23-17-10-12-24(14-17)18(25)15-7-3-2-4-8-15;/h5-6,9,11,15,17H,2-4,7-8,10,12-14H2,1H3,(H2,20,22,23);1H. The molecule has 1 saturated carbocycles. The molecule has 0 aromatic carbocycles. The maximum atomic E-state index is 12.7. The smallest absolute Gasteiger partial charge is 0.225 e. The van der Waals surface area contributed by atoms with Crippen molar-refractivity contribution < 1.29 is 4.79 Å². The van der Waals surface area contributed by atoms with Crippen LogP contribution in [0.4, 0.5) is 0 Å². The quantitative estimate of drug-likeness (QED) is 0.403. The Morgan fingerprint density at radius 2 is 2.08 bits per heavy atom. The van der Waals surface area contributed by atoms with Crippen LogP contribution in [0.15, 0.2) is 29.4 Å². The number of hydrogen-bond acceptors (Lipinski definition) is 3. The Morgan fingerprint density at radius 3 is 2.77 bits per heavy atom. The maximum Gasteiger partial charge on any atom is 0.225 e. The molecule has 26 heavy (non-hydrogen) atoms. The van der Waals surface area contributed by atoms with Gasteiger partial charge < -0.3 is 15.5 Å². The van der Waals surface area contributed by atoms with Gasteiger partial charge in [-0.2, -0.15) is 0 Å². The van der Waals surface area contributed by atoms with Gasteiger partial charge in [0.2, 0.25) is 5.91 Å². The van der Waals surface area contributed by atoms with Crippen LogP contribution in [-0.4, -0.2) is 47.9 Å². The summed E-state index contributed by atoms with van der Waals surface area (Å²) in [6.45, 7) is 2.27. The Kier molecular flexibility index (Phi) is 8.61. The Labute approximate surface area is 173 Å². The third kappa shape index (κ3) is 5.82. The predicted molar refractivity (Wildman–Crippen MR) is 115 cm³/mol. The van der Waals surface area contributed by atoms with Crippen LogP contribution in [0, 0.1) is 5.92 Å². The van der Waals surface area contributed by atoms with Gasteiger partial charge in [0.15, 0.2) is 5.96 Å². The van der Waals surface area contributed by atoms with Crippen molar-refractivity contribution in [1.82, 2.24) is 20.5 Å². The van der Waals surface area contributed by atoms with Crippen molar-refractivity contribution in [3.8, 4) is 0 Å². The first-order valence-electron chi connectivity index (χ1n) is 9.42. The number of pyridine rings is 1. The van der Waals surface area contributed by atoms with Crippen molar-refractivity contribution in [3.05, 3.63) is 30.1 Å². The lowest BCUT2D eigenvalue weighted by molar-refractivity contribution is -0.135. The molecule has 0 bridgehead atoms. The average Bonchev–Trinajstić information content (AvgIpc) is 3.14. The molecule has 6 nitrogen and oxygen atoms in total. The Bertz CT molecular complexity index is 589. The molecule has 7 heteroatoms. The fourth-order valence-corrected chi connectivity index (χ4v) is 3.75. The predicted octanol–water partition coefficient (Wildman–Crippen LogP) is 2.55. The van der Waals surface area contributed by atoms with E-state index in [0.29, 0.717) is 12.5 Å². The number of likely N-dealkylation sites (tertiary alicyclic amines) is 1. The molecule has 3 rings (SSSR count). The lowest BCUT2D eigenvalue weighted by atomic mass is 9.88. The van der Waals surface area contributed by atoms with Crippen molar-refractivity contribution in [2.75, 3.05) is 20.1 Å². The average molecular weight is 471 g/mol. The van der Waals surface area contributed by atoms with Crippen molar-refractivity contribution >= 4 is 35.8 Å². The van der Waals surface area contributed by atoms with E-state index in [4.69, 9.17) is 0 Å². The summed E-state index contributed by atoms with van der Waals surface area (Å²) in [5, 5.41) is 6.73. The normalized spacial score (nSPS) is 21.2. The SMILES string of the molecule is CN=C(NCc1ccccn1)NC1CCN(C(=O)C2CCCCC2)C1.I. The number of aromatic nitrogens is 1. The van der Waals surface area contributed by atoms with Gasteiger partial charge in [0.25, 0.3) is 0 Å². The summed E-state index contributed by atoms with van der Waals surface area (Å²) in [5.41, 5.74) is 0.978. The lowest BCUT2D eigenvalue weighted by Gasteiger charge is -2.26. The van der Waals surface area contributed by atoms with Gasteiger partial charge in [0.05, 0.1) is 12.2 Å². The summed E-state index contributed by atoms with van der Waals surface area (Å²) < 4.78 is 0. The van der Waals surface area contributed by atoms with Crippen molar-refractivity contribution in [2.24, 2.45) is 10.9 Å². The molecular formula is C19H30IN5O.